The van der Waals surface area contributed by atoms with Crippen molar-refractivity contribution in [1.82, 2.24) is 0 Å². The van der Waals surface area contributed by atoms with Crippen molar-refractivity contribution >= 4 is 0 Å². The van der Waals surface area contributed by atoms with E-state index in [0.717, 1.165) is 11.8 Å². The summed E-state index contributed by atoms with van der Waals surface area (Å²) in [6, 6.07) is 0. The van der Waals surface area contributed by atoms with Crippen LogP contribution < -0.4 is 0 Å². The molecule has 1 heteroatoms. The molecule has 0 heterocycles. The van der Waals surface area contributed by atoms with Crippen LogP contribution in [0.25, 0.3) is 0 Å². The minimum atomic E-state index is 0.228. The van der Waals surface area contributed by atoms with Crippen LogP contribution >= 0.6 is 0 Å². The Morgan fingerprint density at radius 1 is 1.36 bits per heavy atom. The standard InChI is InChI=1S/C10H20O/c1-8-4-5-10(3,7-11)6-9(8)2/h8-9,11H,4-7H2,1-3H3/t8?,9-,10+/m0/s1. The highest BCUT2D eigenvalue weighted by Gasteiger charge is 2.32. The molecule has 1 nitrogen and oxygen atoms in total. The molecular weight excluding hydrogens is 136 g/mol. The molecule has 0 aliphatic heterocycles. The monoisotopic (exact) mass is 156 g/mol. The van der Waals surface area contributed by atoms with Crippen LogP contribution in [-0.4, -0.2) is 11.7 Å². The van der Waals surface area contributed by atoms with Crippen LogP contribution in [0.2, 0.25) is 0 Å². The van der Waals surface area contributed by atoms with Crippen molar-refractivity contribution in [2.75, 3.05) is 6.61 Å². The molecule has 0 bridgehead atoms. The first-order valence-corrected chi connectivity index (χ1v) is 4.68. The predicted molar refractivity (Wildman–Crippen MR) is 47.4 cm³/mol. The molecule has 11 heavy (non-hydrogen) atoms. The number of aliphatic hydroxyl groups is 1. The van der Waals surface area contributed by atoms with Crippen LogP contribution in [0.3, 0.4) is 0 Å². The van der Waals surface area contributed by atoms with Crippen molar-refractivity contribution in [2.24, 2.45) is 17.3 Å². The van der Waals surface area contributed by atoms with Gasteiger partial charge in [0.25, 0.3) is 0 Å². The van der Waals surface area contributed by atoms with E-state index in [0.29, 0.717) is 6.61 Å². The van der Waals surface area contributed by atoms with Gasteiger partial charge in [-0.25, -0.2) is 0 Å². The molecule has 1 aliphatic carbocycles. The van der Waals surface area contributed by atoms with Crippen LogP contribution in [-0.2, 0) is 0 Å². The summed E-state index contributed by atoms with van der Waals surface area (Å²) < 4.78 is 0. The zero-order chi connectivity index (χ0) is 8.48. The molecule has 1 unspecified atom stereocenters. The van der Waals surface area contributed by atoms with Crippen molar-refractivity contribution in [3.63, 3.8) is 0 Å². The average molecular weight is 156 g/mol. The van der Waals surface area contributed by atoms with Gasteiger partial charge in [0.1, 0.15) is 0 Å². The van der Waals surface area contributed by atoms with Crippen molar-refractivity contribution < 1.29 is 5.11 Å². The van der Waals surface area contributed by atoms with Crippen molar-refractivity contribution in [3.8, 4) is 0 Å². The van der Waals surface area contributed by atoms with Crippen molar-refractivity contribution in [3.05, 3.63) is 0 Å². The minimum Gasteiger partial charge on any atom is -0.396 e. The fraction of sp³-hybridized carbons (Fsp3) is 1.00. The van der Waals surface area contributed by atoms with Gasteiger partial charge in [0.15, 0.2) is 0 Å². The van der Waals surface area contributed by atoms with Gasteiger partial charge >= 0.3 is 0 Å². The van der Waals surface area contributed by atoms with Gasteiger partial charge < -0.3 is 5.11 Å². The molecule has 0 aromatic heterocycles. The lowest BCUT2D eigenvalue weighted by Gasteiger charge is -2.39. The summed E-state index contributed by atoms with van der Waals surface area (Å²) in [7, 11) is 0. The van der Waals surface area contributed by atoms with Gasteiger partial charge in [0.2, 0.25) is 0 Å². The Kier molecular flexibility index (Phi) is 2.58. The Labute approximate surface area is 69.8 Å². The molecule has 0 saturated heterocycles. The molecular formula is C10H20O. The SMILES string of the molecule is CC1CC[C@@](C)(CO)C[C@@H]1C. The third-order valence-electron chi connectivity index (χ3n) is 3.37. The minimum absolute atomic E-state index is 0.228. The first-order valence-electron chi connectivity index (χ1n) is 4.68. The zero-order valence-corrected chi connectivity index (χ0v) is 7.93. The van der Waals surface area contributed by atoms with E-state index in [1.165, 1.54) is 19.3 Å². The normalized spacial score (nSPS) is 45.8. The molecule has 1 fully saturated rings. The second kappa shape index (κ2) is 3.14. The second-order valence-corrected chi connectivity index (χ2v) is 4.67. The van der Waals surface area contributed by atoms with Crippen molar-refractivity contribution in [2.45, 2.75) is 40.0 Å². The van der Waals surface area contributed by atoms with Gasteiger partial charge in [-0.05, 0) is 36.5 Å². The predicted octanol–water partition coefficient (Wildman–Crippen LogP) is 2.44. The van der Waals surface area contributed by atoms with Gasteiger partial charge in [-0.2, -0.15) is 0 Å². The van der Waals surface area contributed by atoms with E-state index in [9.17, 15) is 0 Å². The molecule has 3 atom stereocenters. The molecule has 0 amide bonds. The summed E-state index contributed by atoms with van der Waals surface area (Å²) in [6.07, 6.45) is 3.69. The molecule has 1 rings (SSSR count). The number of hydrogen-bond acceptors (Lipinski definition) is 1. The number of rotatable bonds is 1. The molecule has 0 aromatic rings. The van der Waals surface area contributed by atoms with Crippen LogP contribution in [0.1, 0.15) is 40.0 Å². The van der Waals surface area contributed by atoms with E-state index in [1.807, 2.05) is 0 Å². The third-order valence-corrected chi connectivity index (χ3v) is 3.37. The Hall–Kier alpha value is -0.0400. The Bertz CT molecular complexity index is 133. The van der Waals surface area contributed by atoms with Gasteiger partial charge in [-0.3, -0.25) is 0 Å². The smallest absolute Gasteiger partial charge is 0.0484 e. The summed E-state index contributed by atoms with van der Waals surface area (Å²) in [5, 5.41) is 9.15. The van der Waals surface area contributed by atoms with Crippen LogP contribution in [0, 0.1) is 17.3 Å². The van der Waals surface area contributed by atoms with Gasteiger partial charge in [-0.15, -0.1) is 0 Å². The largest absolute Gasteiger partial charge is 0.396 e. The first-order chi connectivity index (χ1) is 5.07. The molecule has 1 aliphatic rings. The highest BCUT2D eigenvalue weighted by Crippen LogP contribution is 2.41. The third kappa shape index (κ3) is 1.96. The highest BCUT2D eigenvalue weighted by atomic mass is 16.3. The maximum atomic E-state index is 9.15. The van der Waals surface area contributed by atoms with E-state index in [1.54, 1.807) is 0 Å². The molecule has 0 spiro atoms. The number of hydrogen-bond donors (Lipinski definition) is 1. The molecule has 1 N–H and O–H groups in total. The molecule has 0 radical (unpaired) electrons. The van der Waals surface area contributed by atoms with E-state index in [-0.39, 0.29) is 5.41 Å². The van der Waals surface area contributed by atoms with Crippen molar-refractivity contribution in [1.29, 1.82) is 0 Å². The molecule has 1 saturated carbocycles. The lowest BCUT2D eigenvalue weighted by molar-refractivity contribution is 0.0546. The van der Waals surface area contributed by atoms with E-state index in [2.05, 4.69) is 20.8 Å². The topological polar surface area (TPSA) is 20.2 Å². The fourth-order valence-electron chi connectivity index (χ4n) is 2.08. The average Bonchev–Trinajstić information content (AvgIpc) is 1.98. The maximum absolute atomic E-state index is 9.15. The maximum Gasteiger partial charge on any atom is 0.0484 e. The lowest BCUT2D eigenvalue weighted by atomic mass is 9.68. The van der Waals surface area contributed by atoms with Crippen LogP contribution in [0.5, 0.6) is 0 Å². The number of aliphatic hydroxyl groups excluding tert-OH is 1. The van der Waals surface area contributed by atoms with Crippen LogP contribution in [0.15, 0.2) is 0 Å². The second-order valence-electron chi connectivity index (χ2n) is 4.67. The zero-order valence-electron chi connectivity index (χ0n) is 7.93. The van der Waals surface area contributed by atoms with E-state index < -0.39 is 0 Å². The van der Waals surface area contributed by atoms with Crippen LogP contribution in [0.4, 0.5) is 0 Å². The van der Waals surface area contributed by atoms with E-state index >= 15 is 0 Å². The summed E-state index contributed by atoms with van der Waals surface area (Å²) in [4.78, 5) is 0. The Morgan fingerprint density at radius 3 is 2.45 bits per heavy atom. The summed E-state index contributed by atoms with van der Waals surface area (Å²) in [6.45, 7) is 7.19. The van der Waals surface area contributed by atoms with Gasteiger partial charge in [0, 0.05) is 6.61 Å². The Balaban J connectivity index is 2.51. The molecule has 0 aromatic carbocycles. The van der Waals surface area contributed by atoms with E-state index in [4.69, 9.17) is 5.11 Å². The fourth-order valence-corrected chi connectivity index (χ4v) is 2.08. The highest BCUT2D eigenvalue weighted by molar-refractivity contribution is 4.83. The van der Waals surface area contributed by atoms with Gasteiger partial charge in [0.05, 0.1) is 0 Å². The van der Waals surface area contributed by atoms with Gasteiger partial charge in [-0.1, -0.05) is 20.8 Å². The quantitative estimate of drug-likeness (QED) is 0.618. The lowest BCUT2D eigenvalue weighted by Crippen LogP contribution is -2.31. The summed E-state index contributed by atoms with van der Waals surface area (Å²) in [5.74, 6) is 1.65. The summed E-state index contributed by atoms with van der Waals surface area (Å²) in [5.41, 5.74) is 0.228. The Morgan fingerprint density at radius 2 is 2.00 bits per heavy atom. The first kappa shape index (κ1) is 9.05. The molecule has 66 valence electrons. The summed E-state index contributed by atoms with van der Waals surface area (Å²) >= 11 is 0.